The van der Waals surface area contributed by atoms with Gasteiger partial charge in [-0.2, -0.15) is 0 Å². The Morgan fingerprint density at radius 3 is 2.52 bits per heavy atom. The Labute approximate surface area is 161 Å². The third-order valence-electron chi connectivity index (χ3n) is 3.89. The predicted molar refractivity (Wildman–Crippen MR) is 104 cm³/mol. The molecule has 0 aliphatic carbocycles. The van der Waals surface area contributed by atoms with Crippen molar-refractivity contribution in [2.45, 2.75) is 13.2 Å². The van der Waals surface area contributed by atoms with Gasteiger partial charge in [-0.05, 0) is 42.0 Å². The molecule has 0 spiro atoms. The summed E-state index contributed by atoms with van der Waals surface area (Å²) < 4.78 is 16.1. The van der Waals surface area contributed by atoms with Crippen LogP contribution in [-0.2, 0) is 13.2 Å². The molecule has 0 unspecified atom stereocenters. The monoisotopic (exact) mass is 384 g/mol. The fraction of sp³-hybridized carbons (Fsp3) is 0.200. The summed E-state index contributed by atoms with van der Waals surface area (Å²) in [4.78, 5) is 16.5. The van der Waals surface area contributed by atoms with Crippen molar-refractivity contribution in [1.82, 2.24) is 10.3 Å². The highest BCUT2D eigenvalue weighted by atomic mass is 32.1. The zero-order chi connectivity index (χ0) is 19.1. The van der Waals surface area contributed by atoms with Crippen LogP contribution in [0.1, 0.15) is 21.6 Å². The summed E-state index contributed by atoms with van der Waals surface area (Å²) in [5.74, 6) is 1.82. The summed E-state index contributed by atoms with van der Waals surface area (Å²) in [6.45, 7) is 0.801. The van der Waals surface area contributed by atoms with Gasteiger partial charge >= 0.3 is 0 Å². The lowest BCUT2D eigenvalue weighted by Gasteiger charge is -2.11. The van der Waals surface area contributed by atoms with Gasteiger partial charge in [-0.3, -0.25) is 4.79 Å². The van der Waals surface area contributed by atoms with Gasteiger partial charge in [0.1, 0.15) is 12.4 Å². The van der Waals surface area contributed by atoms with Crippen molar-refractivity contribution in [3.63, 3.8) is 0 Å². The smallest absolute Gasteiger partial charge is 0.251 e. The minimum atomic E-state index is -0.157. The average Bonchev–Trinajstić information content (AvgIpc) is 3.24. The zero-order valence-electron chi connectivity index (χ0n) is 15.1. The van der Waals surface area contributed by atoms with Gasteiger partial charge in [0.25, 0.3) is 5.91 Å². The minimum absolute atomic E-state index is 0.157. The van der Waals surface area contributed by atoms with E-state index in [4.69, 9.17) is 14.2 Å². The number of thiazole rings is 1. The third kappa shape index (κ3) is 4.98. The molecule has 1 aromatic heterocycles. The Balaban J connectivity index is 1.54. The Morgan fingerprint density at radius 2 is 1.85 bits per heavy atom. The first-order chi connectivity index (χ1) is 13.2. The van der Waals surface area contributed by atoms with Crippen LogP contribution in [0.4, 0.5) is 0 Å². The molecule has 0 atom stereocenters. The maximum Gasteiger partial charge on any atom is 0.251 e. The number of ether oxygens (including phenoxy) is 3. The van der Waals surface area contributed by atoms with E-state index in [1.807, 2.05) is 23.6 Å². The summed E-state index contributed by atoms with van der Waals surface area (Å²) in [6, 6.07) is 12.6. The zero-order valence-corrected chi connectivity index (χ0v) is 15.9. The van der Waals surface area contributed by atoms with E-state index in [1.54, 1.807) is 44.0 Å². The van der Waals surface area contributed by atoms with E-state index >= 15 is 0 Å². The number of benzene rings is 2. The summed E-state index contributed by atoms with van der Waals surface area (Å²) >= 11 is 1.53. The van der Waals surface area contributed by atoms with Crippen molar-refractivity contribution in [2.75, 3.05) is 14.2 Å². The Hall–Kier alpha value is -3.06. The van der Waals surface area contributed by atoms with Gasteiger partial charge in [0.05, 0.1) is 25.4 Å². The molecule has 7 heteroatoms. The summed E-state index contributed by atoms with van der Waals surface area (Å²) in [7, 11) is 3.17. The molecule has 1 amide bonds. The molecular weight excluding hydrogens is 364 g/mol. The van der Waals surface area contributed by atoms with Crippen LogP contribution in [-0.4, -0.2) is 25.1 Å². The lowest BCUT2D eigenvalue weighted by molar-refractivity contribution is 0.0951. The molecule has 27 heavy (non-hydrogen) atoms. The molecule has 1 N–H and O–H groups in total. The van der Waals surface area contributed by atoms with Crippen LogP contribution in [0.3, 0.4) is 0 Å². The van der Waals surface area contributed by atoms with Gasteiger partial charge < -0.3 is 19.5 Å². The quantitative estimate of drug-likeness (QED) is 0.642. The predicted octanol–water partition coefficient (Wildman–Crippen LogP) is 3.67. The van der Waals surface area contributed by atoms with Crippen molar-refractivity contribution >= 4 is 17.2 Å². The highest BCUT2D eigenvalue weighted by Crippen LogP contribution is 2.27. The summed E-state index contributed by atoms with van der Waals surface area (Å²) in [5.41, 5.74) is 4.14. The van der Waals surface area contributed by atoms with Crippen molar-refractivity contribution in [1.29, 1.82) is 0 Å². The number of amides is 1. The number of hydrogen-bond acceptors (Lipinski definition) is 6. The maximum atomic E-state index is 12.3. The molecule has 0 aliphatic heterocycles. The molecule has 0 fully saturated rings. The van der Waals surface area contributed by atoms with Crippen LogP contribution in [0.5, 0.6) is 17.2 Å². The largest absolute Gasteiger partial charge is 0.493 e. The maximum absolute atomic E-state index is 12.3. The first kappa shape index (κ1) is 18.7. The average molecular weight is 384 g/mol. The van der Waals surface area contributed by atoms with Crippen molar-refractivity contribution in [2.24, 2.45) is 0 Å². The van der Waals surface area contributed by atoms with Gasteiger partial charge in [0, 0.05) is 17.5 Å². The number of carbonyl (C=O) groups is 1. The minimum Gasteiger partial charge on any atom is -0.493 e. The van der Waals surface area contributed by atoms with E-state index in [0.717, 1.165) is 11.3 Å². The highest BCUT2D eigenvalue weighted by Gasteiger charge is 2.08. The van der Waals surface area contributed by atoms with Crippen LogP contribution < -0.4 is 19.5 Å². The standard InChI is InChI=1S/C20H20N2O4S/c1-24-18-8-3-14(9-19(18)25-2)10-21-20(23)15-4-6-17(7-5-15)26-11-16-12-27-13-22-16/h3-9,12-13H,10-11H2,1-2H3,(H,21,23). The lowest BCUT2D eigenvalue weighted by atomic mass is 10.1. The first-order valence-corrected chi connectivity index (χ1v) is 9.23. The number of hydrogen-bond donors (Lipinski definition) is 1. The molecular formula is C20H20N2O4S. The van der Waals surface area contributed by atoms with Crippen LogP contribution >= 0.6 is 11.3 Å². The van der Waals surface area contributed by atoms with E-state index in [0.29, 0.717) is 36.0 Å². The van der Waals surface area contributed by atoms with Gasteiger partial charge in [-0.25, -0.2) is 4.98 Å². The molecule has 3 rings (SSSR count). The number of aromatic nitrogens is 1. The summed E-state index contributed by atoms with van der Waals surface area (Å²) in [5, 5.41) is 4.83. The third-order valence-corrected chi connectivity index (χ3v) is 4.52. The fourth-order valence-corrected chi connectivity index (χ4v) is 2.99. The van der Waals surface area contributed by atoms with E-state index in [-0.39, 0.29) is 5.91 Å². The van der Waals surface area contributed by atoms with Crippen LogP contribution in [0.25, 0.3) is 0 Å². The van der Waals surface area contributed by atoms with Gasteiger partial charge in [0.2, 0.25) is 0 Å². The molecule has 0 aliphatic rings. The molecule has 6 nitrogen and oxygen atoms in total. The summed E-state index contributed by atoms with van der Waals surface area (Å²) in [6.07, 6.45) is 0. The van der Waals surface area contributed by atoms with Crippen molar-refractivity contribution in [3.8, 4) is 17.2 Å². The molecule has 2 aromatic carbocycles. The molecule has 0 saturated heterocycles. The Bertz CT molecular complexity index is 880. The normalized spacial score (nSPS) is 10.3. The number of nitrogens with zero attached hydrogens (tertiary/aromatic N) is 1. The van der Waals surface area contributed by atoms with E-state index < -0.39 is 0 Å². The molecule has 0 radical (unpaired) electrons. The van der Waals surface area contributed by atoms with Crippen molar-refractivity contribution < 1.29 is 19.0 Å². The molecule has 140 valence electrons. The van der Waals surface area contributed by atoms with Gasteiger partial charge in [-0.15, -0.1) is 11.3 Å². The highest BCUT2D eigenvalue weighted by molar-refractivity contribution is 7.07. The van der Waals surface area contributed by atoms with Crippen molar-refractivity contribution in [3.05, 3.63) is 70.2 Å². The van der Waals surface area contributed by atoms with E-state index in [9.17, 15) is 4.79 Å². The van der Waals surface area contributed by atoms with Crippen LogP contribution in [0, 0.1) is 0 Å². The lowest BCUT2D eigenvalue weighted by Crippen LogP contribution is -2.22. The SMILES string of the molecule is COc1ccc(CNC(=O)c2ccc(OCc3cscn3)cc2)cc1OC. The molecule has 1 heterocycles. The second-order valence-electron chi connectivity index (χ2n) is 5.66. The van der Waals surface area contributed by atoms with Gasteiger partial charge in [-0.1, -0.05) is 6.07 Å². The number of nitrogens with one attached hydrogen (secondary N) is 1. The topological polar surface area (TPSA) is 69.7 Å². The van der Waals surface area contributed by atoms with Gasteiger partial charge in [0.15, 0.2) is 11.5 Å². The number of methoxy groups -OCH3 is 2. The molecule has 3 aromatic rings. The van der Waals surface area contributed by atoms with E-state index in [2.05, 4.69) is 10.3 Å². The molecule has 0 bridgehead atoms. The molecule has 0 saturated carbocycles. The second-order valence-corrected chi connectivity index (χ2v) is 6.38. The first-order valence-electron chi connectivity index (χ1n) is 8.28. The number of rotatable bonds is 8. The fourth-order valence-electron chi connectivity index (χ4n) is 2.44. The van der Waals surface area contributed by atoms with Crippen LogP contribution in [0.15, 0.2) is 53.4 Å². The second kappa shape index (κ2) is 9.05. The van der Waals surface area contributed by atoms with E-state index in [1.165, 1.54) is 11.3 Å². The Morgan fingerprint density at radius 1 is 1.07 bits per heavy atom. The number of carbonyl (C=O) groups excluding carboxylic acids is 1. The van der Waals surface area contributed by atoms with Crippen LogP contribution in [0.2, 0.25) is 0 Å². The Kier molecular flexibility index (Phi) is 6.27.